The zero-order valence-electron chi connectivity index (χ0n) is 10.7. The van der Waals surface area contributed by atoms with Crippen LogP contribution >= 0.6 is 11.8 Å². The standard InChI is InChI=1S/C14H16O4S/c1-17-12-6-9(14(4-5-14)13(15)16)2-3-11(12)18-10-7-19-8-10/h2-3,6,10H,4-5,7-8H2,1H3,(H,15,16). The molecule has 0 unspecified atom stereocenters. The van der Waals surface area contributed by atoms with Crippen molar-refractivity contribution in [3.05, 3.63) is 23.8 Å². The molecule has 2 aliphatic rings. The maximum Gasteiger partial charge on any atom is 0.314 e. The zero-order chi connectivity index (χ0) is 13.5. The van der Waals surface area contributed by atoms with Gasteiger partial charge in [-0.25, -0.2) is 0 Å². The van der Waals surface area contributed by atoms with Gasteiger partial charge in [0.2, 0.25) is 0 Å². The summed E-state index contributed by atoms with van der Waals surface area (Å²) in [5.41, 5.74) is 0.116. The smallest absolute Gasteiger partial charge is 0.314 e. The molecule has 4 nitrogen and oxygen atoms in total. The van der Waals surface area contributed by atoms with Gasteiger partial charge in [-0.2, -0.15) is 11.8 Å². The lowest BCUT2D eigenvalue weighted by Crippen LogP contribution is -2.31. The Balaban J connectivity index is 1.86. The summed E-state index contributed by atoms with van der Waals surface area (Å²) in [6, 6.07) is 5.49. The van der Waals surface area contributed by atoms with Gasteiger partial charge in [-0.05, 0) is 30.5 Å². The average molecular weight is 280 g/mol. The van der Waals surface area contributed by atoms with Crippen LogP contribution in [0.25, 0.3) is 0 Å². The molecule has 0 spiro atoms. The second kappa shape index (κ2) is 4.63. The summed E-state index contributed by atoms with van der Waals surface area (Å²) >= 11 is 1.86. The van der Waals surface area contributed by atoms with E-state index in [2.05, 4.69) is 0 Å². The molecule has 0 amide bonds. The van der Waals surface area contributed by atoms with Crippen molar-refractivity contribution in [1.29, 1.82) is 0 Å². The highest BCUT2D eigenvalue weighted by Crippen LogP contribution is 2.50. The van der Waals surface area contributed by atoms with Gasteiger partial charge in [-0.15, -0.1) is 0 Å². The van der Waals surface area contributed by atoms with Crippen LogP contribution in [-0.4, -0.2) is 35.8 Å². The van der Waals surface area contributed by atoms with Gasteiger partial charge in [-0.1, -0.05) is 6.07 Å². The minimum atomic E-state index is -0.751. The summed E-state index contributed by atoms with van der Waals surface area (Å²) in [6.45, 7) is 0. The van der Waals surface area contributed by atoms with Crippen molar-refractivity contribution in [2.75, 3.05) is 18.6 Å². The first-order valence-corrected chi connectivity index (χ1v) is 7.47. The number of thioether (sulfide) groups is 1. The Labute approximate surface area is 116 Å². The lowest BCUT2D eigenvalue weighted by atomic mass is 9.96. The summed E-state index contributed by atoms with van der Waals surface area (Å²) in [4.78, 5) is 11.3. The van der Waals surface area contributed by atoms with Crippen molar-refractivity contribution in [1.82, 2.24) is 0 Å². The Hall–Kier alpha value is -1.36. The topological polar surface area (TPSA) is 55.8 Å². The summed E-state index contributed by atoms with van der Waals surface area (Å²) in [7, 11) is 1.59. The van der Waals surface area contributed by atoms with E-state index in [9.17, 15) is 9.90 Å². The van der Waals surface area contributed by atoms with Gasteiger partial charge in [-0.3, -0.25) is 4.79 Å². The fraction of sp³-hybridized carbons (Fsp3) is 0.500. The van der Waals surface area contributed by atoms with Crippen molar-refractivity contribution in [2.24, 2.45) is 0 Å². The largest absolute Gasteiger partial charge is 0.493 e. The quantitative estimate of drug-likeness (QED) is 0.897. The van der Waals surface area contributed by atoms with E-state index in [1.54, 1.807) is 7.11 Å². The molecule has 19 heavy (non-hydrogen) atoms. The van der Waals surface area contributed by atoms with Crippen LogP contribution in [0.3, 0.4) is 0 Å². The maximum atomic E-state index is 11.3. The van der Waals surface area contributed by atoms with Gasteiger partial charge < -0.3 is 14.6 Å². The molecular weight excluding hydrogens is 264 g/mol. The number of carbonyl (C=O) groups is 1. The molecule has 102 valence electrons. The summed E-state index contributed by atoms with van der Waals surface area (Å²) in [5.74, 6) is 2.59. The summed E-state index contributed by atoms with van der Waals surface area (Å²) in [6.07, 6.45) is 1.65. The van der Waals surface area contributed by atoms with Gasteiger partial charge in [0.25, 0.3) is 0 Å². The Kier molecular flexibility index (Phi) is 3.09. The van der Waals surface area contributed by atoms with Gasteiger partial charge in [0.1, 0.15) is 6.10 Å². The Morgan fingerprint density at radius 2 is 2.11 bits per heavy atom. The van der Waals surface area contributed by atoms with Crippen molar-refractivity contribution in [3.8, 4) is 11.5 Å². The third kappa shape index (κ3) is 2.16. The highest BCUT2D eigenvalue weighted by atomic mass is 32.2. The fourth-order valence-electron chi connectivity index (χ4n) is 2.28. The van der Waals surface area contributed by atoms with E-state index >= 15 is 0 Å². The van der Waals surface area contributed by atoms with E-state index in [-0.39, 0.29) is 6.10 Å². The Bertz CT molecular complexity index is 506. The molecule has 1 aliphatic carbocycles. The first kappa shape index (κ1) is 12.7. The molecular formula is C14H16O4S. The van der Waals surface area contributed by atoms with Crippen LogP contribution in [0.2, 0.25) is 0 Å². The molecule has 1 aliphatic heterocycles. The third-order valence-corrected chi connectivity index (χ3v) is 4.99. The molecule has 1 aromatic rings. The highest BCUT2D eigenvalue weighted by Gasteiger charge is 2.52. The van der Waals surface area contributed by atoms with E-state index in [4.69, 9.17) is 9.47 Å². The zero-order valence-corrected chi connectivity index (χ0v) is 11.5. The van der Waals surface area contributed by atoms with Crippen LogP contribution in [0.1, 0.15) is 18.4 Å². The second-order valence-corrected chi connectivity index (χ2v) is 6.11. The predicted molar refractivity (Wildman–Crippen MR) is 73.3 cm³/mol. The number of carboxylic acids is 1. The van der Waals surface area contributed by atoms with Gasteiger partial charge >= 0.3 is 5.97 Å². The lowest BCUT2D eigenvalue weighted by molar-refractivity contribution is -0.140. The SMILES string of the molecule is COc1cc(C2(C(=O)O)CC2)ccc1OC1CSC1. The molecule has 2 fully saturated rings. The molecule has 0 bridgehead atoms. The number of benzene rings is 1. The monoisotopic (exact) mass is 280 g/mol. The molecule has 1 saturated heterocycles. The van der Waals surface area contributed by atoms with Crippen molar-refractivity contribution in [2.45, 2.75) is 24.4 Å². The normalized spacial score (nSPS) is 20.5. The molecule has 1 aromatic carbocycles. The van der Waals surface area contributed by atoms with Crippen LogP contribution in [0, 0.1) is 0 Å². The third-order valence-electron chi connectivity index (χ3n) is 3.78. The van der Waals surface area contributed by atoms with Gasteiger partial charge in [0, 0.05) is 11.5 Å². The minimum Gasteiger partial charge on any atom is -0.493 e. The number of aliphatic carboxylic acids is 1. The highest BCUT2D eigenvalue weighted by molar-refractivity contribution is 8.00. The van der Waals surface area contributed by atoms with E-state index in [0.717, 1.165) is 17.1 Å². The van der Waals surface area contributed by atoms with Gasteiger partial charge in [0.15, 0.2) is 11.5 Å². The molecule has 0 aromatic heterocycles. The Morgan fingerprint density at radius 1 is 1.37 bits per heavy atom. The number of methoxy groups -OCH3 is 1. The van der Waals surface area contributed by atoms with E-state index in [1.165, 1.54) is 0 Å². The van der Waals surface area contributed by atoms with Crippen molar-refractivity contribution < 1.29 is 19.4 Å². The van der Waals surface area contributed by atoms with Crippen LogP contribution in [0.5, 0.6) is 11.5 Å². The predicted octanol–water partition coefficient (Wildman–Crippen LogP) is 2.31. The second-order valence-electron chi connectivity index (χ2n) is 5.03. The van der Waals surface area contributed by atoms with E-state index in [0.29, 0.717) is 24.3 Å². The lowest BCUT2D eigenvalue weighted by Gasteiger charge is -2.27. The van der Waals surface area contributed by atoms with Crippen LogP contribution in [0.4, 0.5) is 0 Å². The number of rotatable bonds is 5. The maximum absolute atomic E-state index is 11.3. The first-order valence-electron chi connectivity index (χ1n) is 6.32. The van der Waals surface area contributed by atoms with Crippen LogP contribution in [-0.2, 0) is 10.2 Å². The molecule has 1 saturated carbocycles. The average Bonchev–Trinajstić information content (AvgIpc) is 3.15. The number of carboxylic acid groups (broad SMARTS) is 1. The molecule has 0 atom stereocenters. The van der Waals surface area contributed by atoms with Crippen molar-refractivity contribution >= 4 is 17.7 Å². The Morgan fingerprint density at radius 3 is 2.58 bits per heavy atom. The number of hydrogen-bond acceptors (Lipinski definition) is 4. The van der Waals surface area contributed by atoms with Crippen LogP contribution < -0.4 is 9.47 Å². The summed E-state index contributed by atoms with van der Waals surface area (Å²) < 4.78 is 11.2. The molecule has 3 rings (SSSR count). The number of ether oxygens (including phenoxy) is 2. The first-order chi connectivity index (χ1) is 9.15. The minimum absolute atomic E-state index is 0.249. The van der Waals surface area contributed by atoms with E-state index in [1.807, 2.05) is 30.0 Å². The van der Waals surface area contributed by atoms with Crippen molar-refractivity contribution in [3.63, 3.8) is 0 Å². The molecule has 5 heteroatoms. The molecule has 1 N–H and O–H groups in total. The molecule has 0 radical (unpaired) electrons. The van der Waals surface area contributed by atoms with Crippen LogP contribution in [0.15, 0.2) is 18.2 Å². The molecule has 1 heterocycles. The number of hydrogen-bond donors (Lipinski definition) is 1. The fourth-order valence-corrected chi connectivity index (χ4v) is 2.84. The summed E-state index contributed by atoms with van der Waals surface area (Å²) in [5, 5.41) is 9.31. The van der Waals surface area contributed by atoms with Gasteiger partial charge in [0.05, 0.1) is 12.5 Å². The van der Waals surface area contributed by atoms with E-state index < -0.39 is 11.4 Å².